The molecule has 1 aromatic heterocycles. The van der Waals surface area contributed by atoms with Crippen LogP contribution in [0.1, 0.15) is 11.1 Å². The molecule has 110 valence electrons. The van der Waals surface area contributed by atoms with Gasteiger partial charge in [-0.3, -0.25) is 4.98 Å². The maximum Gasteiger partial charge on any atom is 0.315 e. The number of para-hydroxylation sites is 1. The Labute approximate surface area is 122 Å². The number of carbonyl (C=O) groups excluding carboxylic acids is 1. The summed E-state index contributed by atoms with van der Waals surface area (Å²) < 4.78 is 5.01. The summed E-state index contributed by atoms with van der Waals surface area (Å²) in [7, 11) is 1.48. The van der Waals surface area contributed by atoms with Gasteiger partial charge in [-0.1, -0.05) is 12.1 Å². The second-order valence-electron chi connectivity index (χ2n) is 4.36. The fourth-order valence-corrected chi connectivity index (χ4v) is 1.80. The zero-order chi connectivity index (χ0) is 15.1. The van der Waals surface area contributed by atoms with Crippen LogP contribution in [0.2, 0.25) is 0 Å². The number of aromatic nitrogens is 1. The van der Waals surface area contributed by atoms with Crippen LogP contribution < -0.4 is 15.4 Å². The lowest BCUT2D eigenvalue weighted by molar-refractivity contribution is 0.240. The van der Waals surface area contributed by atoms with Gasteiger partial charge < -0.3 is 20.5 Å². The van der Waals surface area contributed by atoms with E-state index >= 15 is 0 Å². The third-order valence-corrected chi connectivity index (χ3v) is 2.94. The predicted molar refractivity (Wildman–Crippen MR) is 78.0 cm³/mol. The number of rotatable bonds is 5. The first-order chi connectivity index (χ1) is 10.2. The van der Waals surface area contributed by atoms with Crippen molar-refractivity contribution in [2.75, 3.05) is 7.11 Å². The molecular formula is C15H17N3O3. The lowest BCUT2D eigenvalue weighted by Gasteiger charge is -2.10. The van der Waals surface area contributed by atoms with Crippen LogP contribution in [0.25, 0.3) is 0 Å². The monoisotopic (exact) mass is 287 g/mol. The van der Waals surface area contributed by atoms with Gasteiger partial charge in [-0.05, 0) is 23.8 Å². The van der Waals surface area contributed by atoms with Crippen molar-refractivity contribution in [2.24, 2.45) is 0 Å². The number of urea groups is 1. The number of hydrogen-bond donors (Lipinski definition) is 3. The Morgan fingerprint density at radius 2 is 1.90 bits per heavy atom. The van der Waals surface area contributed by atoms with E-state index in [1.165, 1.54) is 7.11 Å². The van der Waals surface area contributed by atoms with E-state index in [0.717, 1.165) is 5.56 Å². The van der Waals surface area contributed by atoms with Crippen molar-refractivity contribution in [1.29, 1.82) is 0 Å². The van der Waals surface area contributed by atoms with Crippen molar-refractivity contribution in [1.82, 2.24) is 15.6 Å². The highest BCUT2D eigenvalue weighted by atomic mass is 16.5. The average Bonchev–Trinajstić information content (AvgIpc) is 2.53. The highest BCUT2D eigenvalue weighted by Gasteiger charge is 2.08. The van der Waals surface area contributed by atoms with Crippen molar-refractivity contribution >= 4 is 6.03 Å². The first kappa shape index (κ1) is 14.6. The van der Waals surface area contributed by atoms with Gasteiger partial charge in [-0.2, -0.15) is 0 Å². The molecule has 6 nitrogen and oxygen atoms in total. The quantitative estimate of drug-likeness (QED) is 0.783. The third kappa shape index (κ3) is 4.10. The summed E-state index contributed by atoms with van der Waals surface area (Å²) in [5.74, 6) is 0.418. The number of nitrogens with zero attached hydrogens (tertiary/aromatic N) is 1. The lowest BCUT2D eigenvalue weighted by Crippen LogP contribution is -2.34. The fraction of sp³-hybridized carbons (Fsp3) is 0.200. The van der Waals surface area contributed by atoms with Gasteiger partial charge in [-0.25, -0.2) is 4.79 Å². The molecule has 0 aliphatic heterocycles. The Morgan fingerprint density at radius 1 is 1.19 bits per heavy atom. The molecule has 3 N–H and O–H groups in total. The third-order valence-electron chi connectivity index (χ3n) is 2.94. The molecular weight excluding hydrogens is 270 g/mol. The Morgan fingerprint density at radius 3 is 2.62 bits per heavy atom. The van der Waals surface area contributed by atoms with Gasteiger partial charge >= 0.3 is 6.03 Å². The SMILES string of the molecule is COc1cccc(CNC(=O)NCc2ccncc2)c1O. The van der Waals surface area contributed by atoms with E-state index in [0.29, 0.717) is 17.9 Å². The molecule has 0 spiro atoms. The van der Waals surface area contributed by atoms with Crippen LogP contribution in [-0.4, -0.2) is 23.2 Å². The van der Waals surface area contributed by atoms with Crippen molar-refractivity contribution in [2.45, 2.75) is 13.1 Å². The van der Waals surface area contributed by atoms with Gasteiger partial charge in [-0.15, -0.1) is 0 Å². The number of benzene rings is 1. The zero-order valence-corrected chi connectivity index (χ0v) is 11.7. The van der Waals surface area contributed by atoms with Crippen LogP contribution in [0.3, 0.4) is 0 Å². The lowest BCUT2D eigenvalue weighted by atomic mass is 10.2. The second-order valence-corrected chi connectivity index (χ2v) is 4.36. The molecule has 0 radical (unpaired) electrons. The number of hydrogen-bond acceptors (Lipinski definition) is 4. The van der Waals surface area contributed by atoms with Gasteiger partial charge in [0.05, 0.1) is 7.11 Å². The average molecular weight is 287 g/mol. The van der Waals surface area contributed by atoms with Gasteiger partial charge in [0, 0.05) is 31.0 Å². The normalized spacial score (nSPS) is 9.95. The Kier molecular flexibility index (Phi) is 4.98. The van der Waals surface area contributed by atoms with Crippen LogP contribution in [-0.2, 0) is 13.1 Å². The standard InChI is InChI=1S/C15H17N3O3/c1-21-13-4-2-3-12(14(13)19)10-18-15(20)17-9-11-5-7-16-8-6-11/h2-8,19H,9-10H2,1H3,(H2,17,18,20). The van der Waals surface area contributed by atoms with E-state index in [4.69, 9.17) is 4.74 Å². The van der Waals surface area contributed by atoms with E-state index in [2.05, 4.69) is 15.6 Å². The largest absolute Gasteiger partial charge is 0.504 e. The molecule has 1 aromatic carbocycles. The molecule has 2 rings (SSSR count). The van der Waals surface area contributed by atoms with Crippen LogP contribution in [0.15, 0.2) is 42.7 Å². The van der Waals surface area contributed by atoms with Crippen molar-refractivity contribution in [3.63, 3.8) is 0 Å². The van der Waals surface area contributed by atoms with Gasteiger partial charge in [0.25, 0.3) is 0 Å². The van der Waals surface area contributed by atoms with E-state index in [1.54, 1.807) is 30.6 Å². The second kappa shape index (κ2) is 7.14. The summed E-state index contributed by atoms with van der Waals surface area (Å²) in [6, 6.07) is 8.48. The topological polar surface area (TPSA) is 83.5 Å². The highest BCUT2D eigenvalue weighted by molar-refractivity contribution is 5.74. The van der Waals surface area contributed by atoms with Crippen LogP contribution in [0.4, 0.5) is 4.79 Å². The summed E-state index contributed by atoms with van der Waals surface area (Å²) in [4.78, 5) is 15.6. The molecule has 6 heteroatoms. The van der Waals surface area contributed by atoms with Crippen LogP contribution in [0.5, 0.6) is 11.5 Å². The molecule has 0 unspecified atom stereocenters. The predicted octanol–water partition coefficient (Wildman–Crippen LogP) is 1.80. The number of methoxy groups -OCH3 is 1. The van der Waals surface area contributed by atoms with E-state index in [1.807, 2.05) is 12.1 Å². The Balaban J connectivity index is 1.84. The molecule has 21 heavy (non-hydrogen) atoms. The van der Waals surface area contributed by atoms with Crippen LogP contribution in [0, 0.1) is 0 Å². The maximum atomic E-state index is 11.7. The number of phenols is 1. The first-order valence-corrected chi connectivity index (χ1v) is 6.46. The number of amides is 2. The minimum atomic E-state index is -0.311. The summed E-state index contributed by atoms with van der Waals surface area (Å²) in [6.07, 6.45) is 3.34. The highest BCUT2D eigenvalue weighted by Crippen LogP contribution is 2.28. The van der Waals surface area contributed by atoms with Crippen molar-refractivity contribution in [3.05, 3.63) is 53.9 Å². The molecule has 0 bridgehead atoms. The van der Waals surface area contributed by atoms with E-state index in [-0.39, 0.29) is 18.3 Å². The van der Waals surface area contributed by atoms with Crippen molar-refractivity contribution in [3.8, 4) is 11.5 Å². The molecule has 0 fully saturated rings. The Bertz CT molecular complexity index is 602. The summed E-state index contributed by atoms with van der Waals surface area (Å²) in [5.41, 5.74) is 1.55. The number of ether oxygens (including phenoxy) is 1. The number of aromatic hydroxyl groups is 1. The van der Waals surface area contributed by atoms with Gasteiger partial charge in [0.1, 0.15) is 0 Å². The molecule has 2 amide bonds. The fourth-order valence-electron chi connectivity index (χ4n) is 1.80. The summed E-state index contributed by atoms with van der Waals surface area (Å²) in [5, 5.41) is 15.3. The van der Waals surface area contributed by atoms with Gasteiger partial charge in [0.2, 0.25) is 0 Å². The molecule has 0 aliphatic carbocycles. The molecule has 2 aromatic rings. The van der Waals surface area contributed by atoms with Gasteiger partial charge in [0.15, 0.2) is 11.5 Å². The van der Waals surface area contributed by atoms with E-state index in [9.17, 15) is 9.90 Å². The first-order valence-electron chi connectivity index (χ1n) is 6.46. The van der Waals surface area contributed by atoms with Crippen molar-refractivity contribution < 1.29 is 14.6 Å². The smallest absolute Gasteiger partial charge is 0.315 e. The maximum absolute atomic E-state index is 11.7. The zero-order valence-electron chi connectivity index (χ0n) is 11.7. The molecule has 1 heterocycles. The minimum Gasteiger partial charge on any atom is -0.504 e. The molecule has 0 aliphatic rings. The Hall–Kier alpha value is -2.76. The number of phenolic OH excluding ortho intramolecular Hbond substituents is 1. The summed E-state index contributed by atoms with van der Waals surface area (Å²) in [6.45, 7) is 0.629. The number of carbonyl (C=O) groups is 1. The minimum absolute atomic E-state index is 0.0365. The number of pyridine rings is 1. The van der Waals surface area contributed by atoms with E-state index < -0.39 is 0 Å². The number of nitrogens with one attached hydrogen (secondary N) is 2. The molecule has 0 atom stereocenters. The summed E-state index contributed by atoms with van der Waals surface area (Å²) >= 11 is 0. The van der Waals surface area contributed by atoms with Crippen LogP contribution >= 0.6 is 0 Å². The molecule has 0 saturated carbocycles. The molecule has 0 saturated heterocycles.